The predicted octanol–water partition coefficient (Wildman–Crippen LogP) is 2.54. The molecule has 0 amide bonds. The summed E-state index contributed by atoms with van der Waals surface area (Å²) in [6.45, 7) is 0.677. The van der Waals surface area contributed by atoms with E-state index in [2.05, 4.69) is 11.4 Å². The van der Waals surface area contributed by atoms with E-state index in [1.807, 2.05) is 12.1 Å². The second kappa shape index (κ2) is 5.09. The zero-order valence-electron chi connectivity index (χ0n) is 9.12. The fraction of sp³-hybridized carbons (Fsp3) is 0.462. The Hall–Kier alpha value is -1.40. The van der Waals surface area contributed by atoms with Crippen molar-refractivity contribution in [2.75, 3.05) is 0 Å². The lowest BCUT2D eigenvalue weighted by molar-refractivity contribution is 0.279. The highest BCUT2D eigenvalue weighted by Crippen LogP contribution is 2.22. The topological polar surface area (TPSA) is 35.8 Å². The summed E-state index contributed by atoms with van der Waals surface area (Å²) in [5.41, 5.74) is 1.76. The third-order valence-electron chi connectivity index (χ3n) is 3.08. The van der Waals surface area contributed by atoms with Gasteiger partial charge in [0.1, 0.15) is 6.17 Å². The van der Waals surface area contributed by atoms with Crippen molar-refractivity contribution in [3.63, 3.8) is 0 Å². The lowest BCUT2D eigenvalue weighted by Gasteiger charge is -2.14. The van der Waals surface area contributed by atoms with Crippen LogP contribution in [0.2, 0.25) is 0 Å². The first-order valence-electron chi connectivity index (χ1n) is 5.66. The molecule has 1 aromatic carbocycles. The van der Waals surface area contributed by atoms with Gasteiger partial charge in [-0.3, -0.25) is 0 Å². The molecule has 2 rings (SSSR count). The molecule has 0 spiro atoms. The Morgan fingerprint density at radius 2 is 2.06 bits per heavy atom. The molecule has 0 aliphatic heterocycles. The molecule has 84 valence electrons. The molecule has 1 aliphatic carbocycles. The first-order chi connectivity index (χ1) is 7.79. The van der Waals surface area contributed by atoms with Crippen LogP contribution in [0.3, 0.4) is 0 Å². The van der Waals surface area contributed by atoms with Crippen LogP contribution in [0, 0.1) is 11.3 Å². The summed E-state index contributed by atoms with van der Waals surface area (Å²) in [7, 11) is 0. The SMILES string of the molecule is N#Cc1ccc(CNC2CCCC2F)cc1. The van der Waals surface area contributed by atoms with Gasteiger partial charge >= 0.3 is 0 Å². The average Bonchev–Trinajstić information content (AvgIpc) is 2.73. The van der Waals surface area contributed by atoms with Gasteiger partial charge < -0.3 is 5.32 Å². The Bertz CT molecular complexity index is 380. The summed E-state index contributed by atoms with van der Waals surface area (Å²) in [5.74, 6) is 0. The second-order valence-corrected chi connectivity index (χ2v) is 4.24. The van der Waals surface area contributed by atoms with Gasteiger partial charge in [-0.25, -0.2) is 4.39 Å². The van der Waals surface area contributed by atoms with Crippen LogP contribution in [0.15, 0.2) is 24.3 Å². The number of nitrogens with zero attached hydrogens (tertiary/aromatic N) is 1. The average molecular weight is 218 g/mol. The van der Waals surface area contributed by atoms with Crippen LogP contribution in [-0.2, 0) is 6.54 Å². The molecule has 1 saturated carbocycles. The van der Waals surface area contributed by atoms with Crippen LogP contribution in [0.1, 0.15) is 30.4 Å². The first-order valence-corrected chi connectivity index (χ1v) is 5.66. The van der Waals surface area contributed by atoms with Gasteiger partial charge in [-0.1, -0.05) is 12.1 Å². The number of nitriles is 1. The molecule has 2 atom stereocenters. The molecule has 1 N–H and O–H groups in total. The standard InChI is InChI=1S/C13H15FN2/c14-12-2-1-3-13(12)16-9-11-6-4-10(8-15)5-7-11/h4-7,12-13,16H,1-3,9H2. The molecule has 1 aromatic rings. The fourth-order valence-corrected chi connectivity index (χ4v) is 2.09. The number of rotatable bonds is 3. The highest BCUT2D eigenvalue weighted by molar-refractivity contribution is 5.31. The van der Waals surface area contributed by atoms with Crippen molar-refractivity contribution in [2.24, 2.45) is 0 Å². The number of hydrogen-bond donors (Lipinski definition) is 1. The summed E-state index contributed by atoms with van der Waals surface area (Å²) in [6.07, 6.45) is 1.90. The van der Waals surface area contributed by atoms with E-state index in [1.165, 1.54) is 0 Å². The molecule has 2 unspecified atom stereocenters. The lowest BCUT2D eigenvalue weighted by Crippen LogP contribution is -2.32. The van der Waals surface area contributed by atoms with Crippen molar-refractivity contribution in [3.8, 4) is 6.07 Å². The van der Waals surface area contributed by atoms with Crippen molar-refractivity contribution in [3.05, 3.63) is 35.4 Å². The van der Waals surface area contributed by atoms with Gasteiger partial charge in [0.05, 0.1) is 11.6 Å². The van der Waals surface area contributed by atoms with Gasteiger partial charge in [-0.2, -0.15) is 5.26 Å². The highest BCUT2D eigenvalue weighted by atomic mass is 19.1. The van der Waals surface area contributed by atoms with Crippen molar-refractivity contribution < 1.29 is 4.39 Å². The number of nitrogens with one attached hydrogen (secondary N) is 1. The molecule has 0 saturated heterocycles. The Kier molecular flexibility index (Phi) is 3.53. The summed E-state index contributed by atoms with van der Waals surface area (Å²) < 4.78 is 13.3. The highest BCUT2D eigenvalue weighted by Gasteiger charge is 2.25. The summed E-state index contributed by atoms with van der Waals surface area (Å²) in [4.78, 5) is 0. The van der Waals surface area contributed by atoms with E-state index in [0.29, 0.717) is 18.5 Å². The van der Waals surface area contributed by atoms with E-state index >= 15 is 0 Å². The van der Waals surface area contributed by atoms with Crippen LogP contribution in [0.4, 0.5) is 4.39 Å². The van der Waals surface area contributed by atoms with E-state index < -0.39 is 6.17 Å². The Labute approximate surface area is 95.1 Å². The van der Waals surface area contributed by atoms with Gasteiger partial charge in [0.25, 0.3) is 0 Å². The molecule has 0 bridgehead atoms. The molecule has 3 heteroatoms. The maximum atomic E-state index is 13.3. The number of hydrogen-bond acceptors (Lipinski definition) is 2. The predicted molar refractivity (Wildman–Crippen MR) is 60.5 cm³/mol. The molecule has 16 heavy (non-hydrogen) atoms. The van der Waals surface area contributed by atoms with E-state index in [0.717, 1.165) is 18.4 Å². The van der Waals surface area contributed by atoms with Gasteiger partial charge in [-0.15, -0.1) is 0 Å². The maximum Gasteiger partial charge on any atom is 0.115 e. The van der Waals surface area contributed by atoms with Crippen LogP contribution in [-0.4, -0.2) is 12.2 Å². The minimum absolute atomic E-state index is 0.00985. The van der Waals surface area contributed by atoms with E-state index in [4.69, 9.17) is 5.26 Å². The number of halogens is 1. The van der Waals surface area contributed by atoms with E-state index in [-0.39, 0.29) is 6.04 Å². The molecule has 1 fully saturated rings. The summed E-state index contributed by atoms with van der Waals surface area (Å²) >= 11 is 0. The van der Waals surface area contributed by atoms with Gasteiger partial charge in [0.15, 0.2) is 0 Å². The molecule has 2 nitrogen and oxygen atoms in total. The Morgan fingerprint density at radius 3 is 2.62 bits per heavy atom. The number of benzene rings is 1. The monoisotopic (exact) mass is 218 g/mol. The normalized spacial score (nSPS) is 24.2. The van der Waals surface area contributed by atoms with E-state index in [9.17, 15) is 4.39 Å². The molecular weight excluding hydrogens is 203 g/mol. The smallest absolute Gasteiger partial charge is 0.115 e. The second-order valence-electron chi connectivity index (χ2n) is 4.24. The zero-order valence-corrected chi connectivity index (χ0v) is 9.12. The molecule has 0 aromatic heterocycles. The van der Waals surface area contributed by atoms with Gasteiger partial charge in [0, 0.05) is 12.6 Å². The largest absolute Gasteiger partial charge is 0.307 e. The Balaban J connectivity index is 1.87. The van der Waals surface area contributed by atoms with Gasteiger partial charge in [-0.05, 0) is 37.0 Å². The van der Waals surface area contributed by atoms with Crippen LogP contribution in [0.25, 0.3) is 0 Å². The van der Waals surface area contributed by atoms with Crippen molar-refractivity contribution in [2.45, 2.75) is 38.0 Å². The molecule has 0 heterocycles. The maximum absolute atomic E-state index is 13.3. The molecular formula is C13H15FN2. The van der Waals surface area contributed by atoms with Crippen molar-refractivity contribution in [1.82, 2.24) is 5.32 Å². The van der Waals surface area contributed by atoms with E-state index in [1.54, 1.807) is 12.1 Å². The number of alkyl halides is 1. The minimum Gasteiger partial charge on any atom is -0.307 e. The molecule has 0 radical (unpaired) electrons. The molecule has 1 aliphatic rings. The quantitative estimate of drug-likeness (QED) is 0.846. The van der Waals surface area contributed by atoms with Crippen LogP contribution < -0.4 is 5.32 Å². The fourth-order valence-electron chi connectivity index (χ4n) is 2.09. The summed E-state index contributed by atoms with van der Waals surface area (Å²) in [6, 6.07) is 9.49. The lowest BCUT2D eigenvalue weighted by atomic mass is 10.1. The third-order valence-corrected chi connectivity index (χ3v) is 3.08. The minimum atomic E-state index is -0.696. The van der Waals surface area contributed by atoms with Gasteiger partial charge in [0.2, 0.25) is 0 Å². The zero-order chi connectivity index (χ0) is 11.4. The van der Waals surface area contributed by atoms with Crippen molar-refractivity contribution in [1.29, 1.82) is 5.26 Å². The third kappa shape index (κ3) is 2.59. The summed E-state index contributed by atoms with van der Waals surface area (Å²) in [5, 5.41) is 11.9. The van der Waals surface area contributed by atoms with Crippen LogP contribution >= 0.6 is 0 Å². The first kappa shape index (κ1) is 11.1. The van der Waals surface area contributed by atoms with Crippen LogP contribution in [0.5, 0.6) is 0 Å². The van der Waals surface area contributed by atoms with Crippen molar-refractivity contribution >= 4 is 0 Å². The Morgan fingerprint density at radius 1 is 1.31 bits per heavy atom.